The average molecular weight is 320 g/mol. The number of methoxy groups -OCH3 is 2. The van der Waals surface area contributed by atoms with Crippen LogP contribution in [0.25, 0.3) is 0 Å². The van der Waals surface area contributed by atoms with Gasteiger partial charge in [0, 0.05) is 17.7 Å². The number of nitrogens with one attached hydrogen (secondary N) is 1. The summed E-state index contributed by atoms with van der Waals surface area (Å²) >= 11 is 6.05. The summed E-state index contributed by atoms with van der Waals surface area (Å²) in [5, 5.41) is 3.24. The molecule has 0 fully saturated rings. The Morgan fingerprint density at radius 2 is 1.73 bits per heavy atom. The Bertz CT molecular complexity index is 668. The van der Waals surface area contributed by atoms with Gasteiger partial charge in [0.2, 0.25) is 0 Å². The third-order valence-corrected chi connectivity index (χ3v) is 3.64. The maximum atomic E-state index is 12.3. The van der Waals surface area contributed by atoms with Gasteiger partial charge in [-0.15, -0.1) is 0 Å². The number of anilines is 1. The minimum absolute atomic E-state index is 0.217. The summed E-state index contributed by atoms with van der Waals surface area (Å²) in [6.45, 7) is 2.07. The van der Waals surface area contributed by atoms with E-state index < -0.39 is 0 Å². The van der Waals surface area contributed by atoms with Crippen LogP contribution in [0.15, 0.2) is 36.4 Å². The van der Waals surface area contributed by atoms with Crippen molar-refractivity contribution in [2.45, 2.75) is 13.3 Å². The molecule has 0 aliphatic carbocycles. The second kappa shape index (κ2) is 7.18. The zero-order valence-corrected chi connectivity index (χ0v) is 13.5. The molecular weight excluding hydrogens is 302 g/mol. The maximum absolute atomic E-state index is 12.3. The lowest BCUT2D eigenvalue weighted by Gasteiger charge is -2.13. The van der Waals surface area contributed by atoms with Gasteiger partial charge in [0.25, 0.3) is 5.91 Å². The standard InChI is InChI=1S/C17H18ClNO3/c1-4-11-5-7-12(8-6-11)17(20)19-14-10-15(21-2)13(18)9-16(14)22-3/h5-10H,4H2,1-3H3,(H,19,20). The molecule has 1 N–H and O–H groups in total. The van der Waals surface area contributed by atoms with Gasteiger partial charge >= 0.3 is 0 Å². The molecule has 0 aromatic heterocycles. The number of aryl methyl sites for hydroxylation is 1. The van der Waals surface area contributed by atoms with Crippen molar-refractivity contribution < 1.29 is 14.3 Å². The molecule has 0 bridgehead atoms. The number of hydrogen-bond donors (Lipinski definition) is 1. The number of carbonyl (C=O) groups is 1. The molecule has 22 heavy (non-hydrogen) atoms. The van der Waals surface area contributed by atoms with Crippen LogP contribution in [-0.4, -0.2) is 20.1 Å². The van der Waals surface area contributed by atoms with Crippen LogP contribution in [0, 0.1) is 0 Å². The molecule has 4 nitrogen and oxygen atoms in total. The Morgan fingerprint density at radius 1 is 1.09 bits per heavy atom. The van der Waals surface area contributed by atoms with Gasteiger partial charge in [-0.3, -0.25) is 4.79 Å². The highest BCUT2D eigenvalue weighted by Crippen LogP contribution is 2.36. The Kier molecular flexibility index (Phi) is 5.28. The number of rotatable bonds is 5. The minimum atomic E-state index is -0.217. The van der Waals surface area contributed by atoms with Crippen molar-refractivity contribution in [3.05, 3.63) is 52.5 Å². The lowest BCUT2D eigenvalue weighted by atomic mass is 10.1. The Balaban J connectivity index is 2.26. The molecular formula is C17H18ClNO3. The lowest BCUT2D eigenvalue weighted by Crippen LogP contribution is -2.12. The molecule has 0 aliphatic heterocycles. The first kappa shape index (κ1) is 16.2. The van der Waals surface area contributed by atoms with Gasteiger partial charge in [-0.05, 0) is 24.1 Å². The molecule has 0 saturated carbocycles. The highest BCUT2D eigenvalue weighted by Gasteiger charge is 2.13. The molecule has 116 valence electrons. The van der Waals surface area contributed by atoms with Crippen molar-refractivity contribution >= 4 is 23.2 Å². The van der Waals surface area contributed by atoms with E-state index in [2.05, 4.69) is 12.2 Å². The van der Waals surface area contributed by atoms with Crippen molar-refractivity contribution in [1.82, 2.24) is 0 Å². The van der Waals surface area contributed by atoms with Gasteiger partial charge < -0.3 is 14.8 Å². The molecule has 2 rings (SSSR count). The van der Waals surface area contributed by atoms with Gasteiger partial charge in [-0.25, -0.2) is 0 Å². The van der Waals surface area contributed by atoms with Crippen molar-refractivity contribution in [2.75, 3.05) is 19.5 Å². The monoisotopic (exact) mass is 319 g/mol. The van der Waals surface area contributed by atoms with Crippen molar-refractivity contribution in [3.8, 4) is 11.5 Å². The Morgan fingerprint density at radius 3 is 2.27 bits per heavy atom. The molecule has 0 aliphatic rings. The predicted molar refractivity (Wildman–Crippen MR) is 88.3 cm³/mol. The van der Waals surface area contributed by atoms with Gasteiger partial charge in [0.15, 0.2) is 0 Å². The summed E-state index contributed by atoms with van der Waals surface area (Å²) in [5.74, 6) is 0.730. The van der Waals surface area contributed by atoms with Crippen molar-refractivity contribution in [3.63, 3.8) is 0 Å². The van der Waals surface area contributed by atoms with Crippen LogP contribution in [0.5, 0.6) is 11.5 Å². The normalized spacial score (nSPS) is 10.2. The van der Waals surface area contributed by atoms with Gasteiger partial charge in [0.1, 0.15) is 11.5 Å². The highest BCUT2D eigenvalue weighted by atomic mass is 35.5. The third kappa shape index (κ3) is 3.52. The van der Waals surface area contributed by atoms with Gasteiger partial charge in [-0.1, -0.05) is 30.7 Å². The molecule has 0 heterocycles. The largest absolute Gasteiger partial charge is 0.495 e. The summed E-state index contributed by atoms with van der Waals surface area (Å²) in [6.07, 6.45) is 0.935. The fraction of sp³-hybridized carbons (Fsp3) is 0.235. The smallest absolute Gasteiger partial charge is 0.255 e. The van der Waals surface area contributed by atoms with Crippen LogP contribution in [-0.2, 0) is 6.42 Å². The summed E-state index contributed by atoms with van der Waals surface area (Å²) in [5.41, 5.74) is 2.27. The van der Waals surface area contributed by atoms with Crippen LogP contribution >= 0.6 is 11.6 Å². The Hall–Kier alpha value is -2.20. The zero-order valence-electron chi connectivity index (χ0n) is 12.8. The minimum Gasteiger partial charge on any atom is -0.495 e. The van der Waals surface area contributed by atoms with E-state index in [9.17, 15) is 4.79 Å². The molecule has 2 aromatic carbocycles. The van der Waals surface area contributed by atoms with E-state index in [0.29, 0.717) is 27.8 Å². The molecule has 0 radical (unpaired) electrons. The number of halogens is 1. The van der Waals surface area contributed by atoms with Crippen LogP contribution in [0.4, 0.5) is 5.69 Å². The Labute approximate surface area is 135 Å². The van der Waals surface area contributed by atoms with E-state index in [0.717, 1.165) is 6.42 Å². The molecule has 0 spiro atoms. The highest BCUT2D eigenvalue weighted by molar-refractivity contribution is 6.32. The van der Waals surface area contributed by atoms with Crippen LogP contribution in [0.1, 0.15) is 22.8 Å². The molecule has 1 amide bonds. The quantitative estimate of drug-likeness (QED) is 0.899. The van der Waals surface area contributed by atoms with Crippen LogP contribution in [0.3, 0.4) is 0 Å². The fourth-order valence-corrected chi connectivity index (χ4v) is 2.28. The SMILES string of the molecule is CCc1ccc(C(=O)Nc2cc(OC)c(Cl)cc2OC)cc1. The van der Waals surface area contributed by atoms with E-state index in [1.165, 1.54) is 19.8 Å². The van der Waals surface area contributed by atoms with Crippen LogP contribution < -0.4 is 14.8 Å². The molecule has 2 aromatic rings. The number of carbonyl (C=O) groups excluding carboxylic acids is 1. The van der Waals surface area contributed by atoms with Crippen molar-refractivity contribution in [1.29, 1.82) is 0 Å². The second-order valence-electron chi connectivity index (χ2n) is 4.69. The van der Waals surface area contributed by atoms with E-state index in [-0.39, 0.29) is 5.91 Å². The summed E-state index contributed by atoms with van der Waals surface area (Å²) in [7, 11) is 3.03. The van der Waals surface area contributed by atoms with E-state index in [1.807, 2.05) is 12.1 Å². The number of hydrogen-bond acceptors (Lipinski definition) is 3. The molecule has 5 heteroatoms. The van der Waals surface area contributed by atoms with E-state index >= 15 is 0 Å². The van der Waals surface area contributed by atoms with E-state index in [1.54, 1.807) is 24.3 Å². The zero-order chi connectivity index (χ0) is 16.1. The lowest BCUT2D eigenvalue weighted by molar-refractivity contribution is 0.102. The van der Waals surface area contributed by atoms with Gasteiger partial charge in [-0.2, -0.15) is 0 Å². The second-order valence-corrected chi connectivity index (χ2v) is 5.10. The first-order valence-electron chi connectivity index (χ1n) is 6.90. The van der Waals surface area contributed by atoms with Gasteiger partial charge in [0.05, 0.1) is 24.9 Å². The summed E-state index contributed by atoms with van der Waals surface area (Å²) in [4.78, 5) is 12.3. The number of benzene rings is 2. The first-order chi connectivity index (χ1) is 10.6. The number of amides is 1. The summed E-state index contributed by atoms with van der Waals surface area (Å²) in [6, 6.07) is 10.7. The summed E-state index contributed by atoms with van der Waals surface area (Å²) < 4.78 is 10.4. The van der Waals surface area contributed by atoms with Crippen LogP contribution in [0.2, 0.25) is 5.02 Å². The average Bonchev–Trinajstić information content (AvgIpc) is 2.55. The molecule has 0 atom stereocenters. The predicted octanol–water partition coefficient (Wildman–Crippen LogP) is 4.17. The molecule has 0 unspecified atom stereocenters. The topological polar surface area (TPSA) is 47.6 Å². The van der Waals surface area contributed by atoms with E-state index in [4.69, 9.17) is 21.1 Å². The third-order valence-electron chi connectivity index (χ3n) is 3.35. The fourth-order valence-electron chi connectivity index (χ4n) is 2.04. The maximum Gasteiger partial charge on any atom is 0.255 e. The first-order valence-corrected chi connectivity index (χ1v) is 7.28. The van der Waals surface area contributed by atoms with Crippen molar-refractivity contribution in [2.24, 2.45) is 0 Å². The number of ether oxygens (including phenoxy) is 2. The molecule has 0 saturated heterocycles.